The molecule has 1 aromatic heterocycles. The molecule has 0 unspecified atom stereocenters. The first-order valence-electron chi connectivity index (χ1n) is 11.7. The lowest BCUT2D eigenvalue weighted by Gasteiger charge is -2.31. The molecular formula is C25H27F3N4O5. The number of carboxylic acids is 1. The Morgan fingerprint density at radius 2 is 1.51 bits per heavy atom. The predicted octanol–water partition coefficient (Wildman–Crippen LogP) is 2.63. The van der Waals surface area contributed by atoms with Crippen LogP contribution in [0.15, 0.2) is 54.7 Å². The van der Waals surface area contributed by atoms with Gasteiger partial charge in [0.1, 0.15) is 12.1 Å². The maximum Gasteiger partial charge on any atom is 0.490 e. The summed E-state index contributed by atoms with van der Waals surface area (Å²) in [5.74, 6) is -3.16. The molecule has 0 radical (unpaired) electrons. The highest BCUT2D eigenvalue weighted by atomic mass is 19.4. The van der Waals surface area contributed by atoms with Gasteiger partial charge in [-0.3, -0.25) is 19.4 Å². The van der Waals surface area contributed by atoms with Crippen LogP contribution in [0.3, 0.4) is 0 Å². The molecule has 0 aliphatic carbocycles. The van der Waals surface area contributed by atoms with Gasteiger partial charge in [-0.05, 0) is 49.9 Å². The molecule has 2 aliphatic heterocycles. The normalized spacial score (nSPS) is 19.1. The molecule has 0 bridgehead atoms. The third-order valence-electron chi connectivity index (χ3n) is 6.07. The fourth-order valence-corrected chi connectivity index (χ4v) is 4.31. The summed E-state index contributed by atoms with van der Waals surface area (Å²) in [6.07, 6.45) is -0.549. The van der Waals surface area contributed by atoms with E-state index < -0.39 is 24.2 Å². The summed E-state index contributed by atoms with van der Waals surface area (Å²) in [6, 6.07) is 13.6. The lowest BCUT2D eigenvalue weighted by atomic mass is 10.1. The highest BCUT2D eigenvalue weighted by Gasteiger charge is 2.42. The third kappa shape index (κ3) is 7.28. The Bertz CT molecular complexity index is 1100. The first-order valence-corrected chi connectivity index (χ1v) is 11.7. The van der Waals surface area contributed by atoms with Crippen molar-refractivity contribution < 1.29 is 37.5 Å². The van der Waals surface area contributed by atoms with E-state index in [9.17, 15) is 27.6 Å². The van der Waals surface area contributed by atoms with Crippen molar-refractivity contribution in [1.29, 1.82) is 0 Å². The Labute approximate surface area is 211 Å². The Morgan fingerprint density at radius 3 is 2.11 bits per heavy atom. The van der Waals surface area contributed by atoms with Crippen molar-refractivity contribution in [3.63, 3.8) is 0 Å². The number of likely N-dealkylation sites (tertiary alicyclic amines) is 2. The van der Waals surface area contributed by atoms with Crippen LogP contribution in [0, 0.1) is 0 Å². The molecule has 0 saturated carbocycles. The van der Waals surface area contributed by atoms with Crippen LogP contribution in [0.5, 0.6) is 0 Å². The van der Waals surface area contributed by atoms with E-state index in [1.54, 1.807) is 28.1 Å². The number of carbonyl (C=O) groups excluding carboxylic acids is 3. The number of alkyl halides is 3. The first kappa shape index (κ1) is 27.6. The van der Waals surface area contributed by atoms with E-state index in [1.807, 2.05) is 36.4 Å². The molecule has 37 heavy (non-hydrogen) atoms. The summed E-state index contributed by atoms with van der Waals surface area (Å²) in [5.41, 5.74) is 1.36. The monoisotopic (exact) mass is 520 g/mol. The molecule has 2 aromatic rings. The smallest absolute Gasteiger partial charge is 0.475 e. The molecule has 2 fully saturated rings. The molecule has 3 heterocycles. The average molecular weight is 521 g/mol. The quantitative estimate of drug-likeness (QED) is 0.626. The van der Waals surface area contributed by atoms with E-state index in [1.165, 1.54) is 0 Å². The van der Waals surface area contributed by atoms with Crippen molar-refractivity contribution >= 4 is 23.7 Å². The van der Waals surface area contributed by atoms with Gasteiger partial charge in [-0.15, -0.1) is 0 Å². The van der Waals surface area contributed by atoms with Crippen LogP contribution in [0.2, 0.25) is 0 Å². The number of nitrogens with one attached hydrogen (secondary N) is 1. The number of carboxylic acid groups (broad SMARTS) is 1. The van der Waals surface area contributed by atoms with E-state index in [2.05, 4.69) is 10.3 Å². The summed E-state index contributed by atoms with van der Waals surface area (Å²) in [6.45, 7) is 1.44. The number of hydrogen-bond donors (Lipinski definition) is 2. The number of amides is 3. The number of carbonyl (C=O) groups is 4. The zero-order chi connectivity index (χ0) is 27.0. The van der Waals surface area contributed by atoms with Gasteiger partial charge in [0.25, 0.3) is 5.91 Å². The third-order valence-corrected chi connectivity index (χ3v) is 6.07. The van der Waals surface area contributed by atoms with Crippen LogP contribution >= 0.6 is 0 Å². The van der Waals surface area contributed by atoms with E-state index in [-0.39, 0.29) is 17.7 Å². The standard InChI is InChI=1S/C23H26N4O3.C2HF3O2/c28-21(25-16-18-10-4-5-13-24-18)19-11-6-14-26(19)23(30)20-12-7-15-27(20)22(29)17-8-2-1-3-9-17;3-2(4,5)1(6)7/h1-5,8-10,13,19-20H,6-7,11-12,14-16H2,(H,25,28);(H,6,7)/t19-,20-;/m0./s1. The molecule has 3 amide bonds. The highest BCUT2D eigenvalue weighted by molar-refractivity contribution is 5.99. The Kier molecular flexibility index (Phi) is 9.20. The fourth-order valence-electron chi connectivity index (χ4n) is 4.31. The second kappa shape index (κ2) is 12.3. The zero-order valence-corrected chi connectivity index (χ0v) is 19.9. The number of aliphatic carboxylic acids is 1. The average Bonchev–Trinajstić information content (AvgIpc) is 3.58. The molecule has 0 spiro atoms. The van der Waals surface area contributed by atoms with Gasteiger partial charge >= 0.3 is 12.1 Å². The maximum absolute atomic E-state index is 13.3. The number of halogens is 3. The van der Waals surface area contributed by atoms with Crippen molar-refractivity contribution in [3.8, 4) is 0 Å². The van der Waals surface area contributed by atoms with Crippen LogP contribution in [0.4, 0.5) is 13.2 Å². The fraction of sp³-hybridized carbons (Fsp3) is 0.400. The summed E-state index contributed by atoms with van der Waals surface area (Å²) >= 11 is 0. The number of aromatic nitrogens is 1. The topological polar surface area (TPSA) is 120 Å². The van der Waals surface area contributed by atoms with Gasteiger partial charge in [0.05, 0.1) is 12.2 Å². The summed E-state index contributed by atoms with van der Waals surface area (Å²) in [7, 11) is 0. The van der Waals surface area contributed by atoms with Gasteiger partial charge < -0.3 is 20.2 Å². The van der Waals surface area contributed by atoms with E-state index >= 15 is 0 Å². The molecule has 2 saturated heterocycles. The summed E-state index contributed by atoms with van der Waals surface area (Å²) in [5, 5.41) is 10.0. The number of hydrogen-bond acceptors (Lipinski definition) is 5. The second-order valence-electron chi connectivity index (χ2n) is 8.55. The second-order valence-corrected chi connectivity index (χ2v) is 8.55. The van der Waals surface area contributed by atoms with Crippen LogP contribution < -0.4 is 5.32 Å². The SMILES string of the molecule is O=C(NCc1ccccn1)[C@@H]1CCCN1C(=O)[C@@H]1CCCN1C(=O)c1ccccc1.O=C(O)C(F)(F)F. The molecule has 198 valence electrons. The number of pyridine rings is 1. The Morgan fingerprint density at radius 1 is 0.919 bits per heavy atom. The molecule has 2 aliphatic rings. The van der Waals surface area contributed by atoms with Gasteiger partial charge in [0, 0.05) is 24.8 Å². The number of nitrogens with zero attached hydrogens (tertiary/aromatic N) is 3. The van der Waals surface area contributed by atoms with Crippen molar-refractivity contribution in [2.45, 2.75) is 50.5 Å². The van der Waals surface area contributed by atoms with E-state index in [0.717, 1.165) is 18.5 Å². The van der Waals surface area contributed by atoms with E-state index in [4.69, 9.17) is 9.90 Å². The van der Waals surface area contributed by atoms with Gasteiger partial charge in [0.2, 0.25) is 11.8 Å². The van der Waals surface area contributed by atoms with E-state index in [0.29, 0.717) is 38.0 Å². The minimum absolute atomic E-state index is 0.118. The number of benzene rings is 1. The Balaban J connectivity index is 0.000000479. The van der Waals surface area contributed by atoms with Crippen molar-refractivity contribution in [1.82, 2.24) is 20.1 Å². The minimum Gasteiger partial charge on any atom is -0.475 e. The molecular weight excluding hydrogens is 493 g/mol. The molecule has 9 nitrogen and oxygen atoms in total. The molecule has 2 atom stereocenters. The van der Waals surface area contributed by atoms with Gasteiger partial charge in [-0.25, -0.2) is 4.79 Å². The van der Waals surface area contributed by atoms with Crippen molar-refractivity contribution in [3.05, 3.63) is 66.0 Å². The largest absolute Gasteiger partial charge is 0.490 e. The molecule has 2 N–H and O–H groups in total. The highest BCUT2D eigenvalue weighted by Crippen LogP contribution is 2.26. The van der Waals surface area contributed by atoms with Gasteiger partial charge in [-0.2, -0.15) is 13.2 Å². The van der Waals surface area contributed by atoms with Crippen LogP contribution in [0.1, 0.15) is 41.7 Å². The molecule has 12 heteroatoms. The van der Waals surface area contributed by atoms with Gasteiger partial charge in [0.15, 0.2) is 0 Å². The lowest BCUT2D eigenvalue weighted by molar-refractivity contribution is -0.192. The van der Waals surface area contributed by atoms with Crippen molar-refractivity contribution in [2.75, 3.05) is 13.1 Å². The summed E-state index contributed by atoms with van der Waals surface area (Å²) in [4.78, 5) is 55.5. The first-order chi connectivity index (χ1) is 17.6. The molecule has 4 rings (SSSR count). The Hall–Kier alpha value is -3.96. The summed E-state index contributed by atoms with van der Waals surface area (Å²) < 4.78 is 31.7. The predicted molar refractivity (Wildman–Crippen MR) is 125 cm³/mol. The molecule has 1 aromatic carbocycles. The lowest BCUT2D eigenvalue weighted by Crippen LogP contribution is -2.52. The van der Waals surface area contributed by atoms with Crippen LogP contribution in [-0.4, -0.2) is 74.9 Å². The number of rotatable bonds is 5. The zero-order valence-electron chi connectivity index (χ0n) is 19.9. The van der Waals surface area contributed by atoms with Crippen LogP contribution in [-0.2, 0) is 20.9 Å². The van der Waals surface area contributed by atoms with Crippen molar-refractivity contribution in [2.24, 2.45) is 0 Å². The van der Waals surface area contributed by atoms with Crippen LogP contribution in [0.25, 0.3) is 0 Å². The maximum atomic E-state index is 13.3. The minimum atomic E-state index is -5.08. The van der Waals surface area contributed by atoms with Gasteiger partial charge in [-0.1, -0.05) is 24.3 Å².